The molecule has 4 heteroatoms. The fourth-order valence-corrected chi connectivity index (χ4v) is 2.48. The molecule has 2 amide bonds. The summed E-state index contributed by atoms with van der Waals surface area (Å²) in [7, 11) is 0. The first-order valence-electron chi connectivity index (χ1n) is 8.60. The van der Waals surface area contributed by atoms with Crippen molar-refractivity contribution in [3.05, 3.63) is 64.7 Å². The number of hydrogen-bond donors (Lipinski definition) is 2. The molecule has 0 aliphatic rings. The van der Waals surface area contributed by atoms with Crippen LogP contribution in [0.5, 0.6) is 0 Å². The second-order valence-corrected chi connectivity index (χ2v) is 6.79. The quantitative estimate of drug-likeness (QED) is 0.840. The summed E-state index contributed by atoms with van der Waals surface area (Å²) in [6.07, 6.45) is 0.281. The molecule has 2 N–H and O–H groups in total. The summed E-state index contributed by atoms with van der Waals surface area (Å²) < 4.78 is 0. The van der Waals surface area contributed by atoms with E-state index in [1.165, 1.54) is 11.1 Å². The molecule has 0 saturated carbocycles. The molecule has 25 heavy (non-hydrogen) atoms. The highest BCUT2D eigenvalue weighted by atomic mass is 16.2. The van der Waals surface area contributed by atoms with Crippen LogP contribution in [0.2, 0.25) is 0 Å². The SMILES string of the molecule is Cc1ccc(CC(=O)Nc2ccccc2C(=O)NCC(C)C)cc1C. The maximum absolute atomic E-state index is 12.4. The van der Waals surface area contributed by atoms with E-state index in [0.29, 0.717) is 23.7 Å². The average Bonchev–Trinajstić information content (AvgIpc) is 2.56. The lowest BCUT2D eigenvalue weighted by Gasteiger charge is -2.13. The second kappa shape index (κ2) is 8.47. The van der Waals surface area contributed by atoms with Crippen LogP contribution in [0.4, 0.5) is 5.69 Å². The van der Waals surface area contributed by atoms with Crippen LogP contribution >= 0.6 is 0 Å². The first kappa shape index (κ1) is 18.7. The smallest absolute Gasteiger partial charge is 0.253 e. The molecule has 0 saturated heterocycles. The summed E-state index contributed by atoms with van der Waals surface area (Å²) in [5.41, 5.74) is 4.35. The van der Waals surface area contributed by atoms with E-state index in [1.54, 1.807) is 18.2 Å². The minimum absolute atomic E-state index is 0.132. The Hall–Kier alpha value is -2.62. The van der Waals surface area contributed by atoms with Gasteiger partial charge in [-0.1, -0.05) is 44.2 Å². The van der Waals surface area contributed by atoms with Crippen LogP contribution in [0.1, 0.15) is 40.9 Å². The third-order valence-corrected chi connectivity index (χ3v) is 4.05. The van der Waals surface area contributed by atoms with Crippen LogP contribution in [-0.4, -0.2) is 18.4 Å². The molecule has 2 rings (SSSR count). The average molecular weight is 338 g/mol. The van der Waals surface area contributed by atoms with E-state index in [0.717, 1.165) is 5.56 Å². The molecule has 0 aliphatic carbocycles. The van der Waals surface area contributed by atoms with Crippen molar-refractivity contribution >= 4 is 17.5 Å². The number of carbonyl (C=O) groups excluding carboxylic acids is 2. The molecule has 0 fully saturated rings. The molecule has 0 atom stereocenters. The van der Waals surface area contributed by atoms with E-state index >= 15 is 0 Å². The number of aryl methyl sites for hydroxylation is 2. The van der Waals surface area contributed by atoms with Gasteiger partial charge in [0.25, 0.3) is 5.91 Å². The van der Waals surface area contributed by atoms with Gasteiger partial charge in [0.1, 0.15) is 0 Å². The molecule has 0 radical (unpaired) electrons. The zero-order valence-electron chi connectivity index (χ0n) is 15.3. The molecule has 4 nitrogen and oxygen atoms in total. The highest BCUT2D eigenvalue weighted by Crippen LogP contribution is 2.16. The van der Waals surface area contributed by atoms with Crippen LogP contribution in [0.3, 0.4) is 0 Å². The van der Waals surface area contributed by atoms with Crippen molar-refractivity contribution in [1.82, 2.24) is 5.32 Å². The molecule has 0 unspecified atom stereocenters. The van der Waals surface area contributed by atoms with Gasteiger partial charge in [-0.05, 0) is 48.6 Å². The van der Waals surface area contributed by atoms with Gasteiger partial charge in [0.05, 0.1) is 17.7 Å². The van der Waals surface area contributed by atoms with Gasteiger partial charge in [-0.3, -0.25) is 9.59 Å². The van der Waals surface area contributed by atoms with Crippen molar-refractivity contribution in [2.75, 3.05) is 11.9 Å². The number of carbonyl (C=O) groups is 2. The number of nitrogens with one attached hydrogen (secondary N) is 2. The van der Waals surface area contributed by atoms with Crippen molar-refractivity contribution in [1.29, 1.82) is 0 Å². The van der Waals surface area contributed by atoms with E-state index in [9.17, 15) is 9.59 Å². The predicted octanol–water partition coefficient (Wildman–Crippen LogP) is 3.87. The van der Waals surface area contributed by atoms with Gasteiger partial charge in [-0.2, -0.15) is 0 Å². The summed E-state index contributed by atoms with van der Waals surface area (Å²) >= 11 is 0. The van der Waals surface area contributed by atoms with Gasteiger partial charge in [0.15, 0.2) is 0 Å². The standard InChI is InChI=1S/C21H26N2O2/c1-14(2)13-22-21(25)18-7-5-6-8-19(18)23-20(24)12-17-10-9-15(3)16(4)11-17/h5-11,14H,12-13H2,1-4H3,(H,22,25)(H,23,24). The Morgan fingerprint density at radius 1 is 1.00 bits per heavy atom. The Kier molecular flexibility index (Phi) is 6.34. The minimum Gasteiger partial charge on any atom is -0.352 e. The van der Waals surface area contributed by atoms with Crippen LogP contribution < -0.4 is 10.6 Å². The van der Waals surface area contributed by atoms with E-state index < -0.39 is 0 Å². The molecule has 2 aromatic rings. The van der Waals surface area contributed by atoms with Gasteiger partial charge in [0, 0.05) is 6.54 Å². The summed E-state index contributed by atoms with van der Waals surface area (Å²) in [6.45, 7) is 8.76. The molecule has 0 spiro atoms. The number of para-hydroxylation sites is 1. The predicted molar refractivity (Wildman–Crippen MR) is 102 cm³/mol. The summed E-state index contributed by atoms with van der Waals surface area (Å²) in [4.78, 5) is 24.7. The van der Waals surface area contributed by atoms with Gasteiger partial charge in [-0.15, -0.1) is 0 Å². The third-order valence-electron chi connectivity index (χ3n) is 4.05. The summed E-state index contributed by atoms with van der Waals surface area (Å²) in [6, 6.07) is 13.1. The molecule has 0 aromatic heterocycles. The molecular weight excluding hydrogens is 312 g/mol. The Morgan fingerprint density at radius 2 is 1.72 bits per heavy atom. The first-order valence-corrected chi connectivity index (χ1v) is 8.60. The Morgan fingerprint density at radius 3 is 2.40 bits per heavy atom. The van der Waals surface area contributed by atoms with Crippen LogP contribution in [0.15, 0.2) is 42.5 Å². The van der Waals surface area contributed by atoms with Crippen molar-refractivity contribution in [2.45, 2.75) is 34.1 Å². The Labute approximate surface area is 149 Å². The Bertz CT molecular complexity index is 766. The minimum atomic E-state index is -0.171. The zero-order chi connectivity index (χ0) is 18.4. The summed E-state index contributed by atoms with van der Waals surface area (Å²) in [5.74, 6) is 0.0682. The molecule has 2 aromatic carbocycles. The zero-order valence-corrected chi connectivity index (χ0v) is 15.3. The number of anilines is 1. The Balaban J connectivity index is 2.07. The van der Waals surface area contributed by atoms with Gasteiger partial charge >= 0.3 is 0 Å². The van der Waals surface area contributed by atoms with Gasteiger partial charge in [-0.25, -0.2) is 0 Å². The maximum Gasteiger partial charge on any atom is 0.253 e. The number of benzene rings is 2. The molecule has 0 heterocycles. The third kappa shape index (κ3) is 5.45. The van der Waals surface area contributed by atoms with Crippen LogP contribution in [0.25, 0.3) is 0 Å². The van der Waals surface area contributed by atoms with Gasteiger partial charge in [0.2, 0.25) is 5.91 Å². The fourth-order valence-electron chi connectivity index (χ4n) is 2.48. The number of rotatable bonds is 6. The molecule has 0 bridgehead atoms. The highest BCUT2D eigenvalue weighted by molar-refractivity contribution is 6.04. The number of amides is 2. The van der Waals surface area contributed by atoms with Crippen molar-refractivity contribution in [2.24, 2.45) is 5.92 Å². The second-order valence-electron chi connectivity index (χ2n) is 6.79. The van der Waals surface area contributed by atoms with Crippen molar-refractivity contribution < 1.29 is 9.59 Å². The van der Waals surface area contributed by atoms with E-state index in [-0.39, 0.29) is 18.2 Å². The lowest BCUT2D eigenvalue weighted by molar-refractivity contribution is -0.115. The van der Waals surface area contributed by atoms with Gasteiger partial charge < -0.3 is 10.6 Å². The van der Waals surface area contributed by atoms with Crippen LogP contribution in [0, 0.1) is 19.8 Å². The van der Waals surface area contributed by atoms with E-state index in [1.807, 2.05) is 52.0 Å². The number of hydrogen-bond acceptors (Lipinski definition) is 2. The highest BCUT2D eigenvalue weighted by Gasteiger charge is 2.13. The molecule has 132 valence electrons. The largest absolute Gasteiger partial charge is 0.352 e. The molecular formula is C21H26N2O2. The molecule has 0 aliphatic heterocycles. The summed E-state index contributed by atoms with van der Waals surface area (Å²) in [5, 5.41) is 5.75. The topological polar surface area (TPSA) is 58.2 Å². The van der Waals surface area contributed by atoms with E-state index in [4.69, 9.17) is 0 Å². The van der Waals surface area contributed by atoms with E-state index in [2.05, 4.69) is 10.6 Å². The van der Waals surface area contributed by atoms with Crippen molar-refractivity contribution in [3.8, 4) is 0 Å². The first-order chi connectivity index (χ1) is 11.9. The normalized spacial score (nSPS) is 10.6. The maximum atomic E-state index is 12.4. The monoisotopic (exact) mass is 338 g/mol. The van der Waals surface area contributed by atoms with Crippen LogP contribution in [-0.2, 0) is 11.2 Å². The van der Waals surface area contributed by atoms with Crippen molar-refractivity contribution in [3.63, 3.8) is 0 Å². The lowest BCUT2D eigenvalue weighted by atomic mass is 10.0. The lowest BCUT2D eigenvalue weighted by Crippen LogP contribution is -2.28. The fraction of sp³-hybridized carbons (Fsp3) is 0.333.